The summed E-state index contributed by atoms with van der Waals surface area (Å²) < 4.78 is 0. The van der Waals surface area contributed by atoms with Gasteiger partial charge >= 0.3 is 0 Å². The molecule has 2 unspecified atom stereocenters. The molecule has 1 heteroatoms. The first-order valence-electron chi connectivity index (χ1n) is 5.93. The highest BCUT2D eigenvalue weighted by Crippen LogP contribution is 2.35. The van der Waals surface area contributed by atoms with E-state index in [2.05, 4.69) is 19.2 Å². The summed E-state index contributed by atoms with van der Waals surface area (Å²) in [5.41, 5.74) is 0.542. The molecule has 2 saturated carbocycles. The van der Waals surface area contributed by atoms with E-state index in [1.165, 1.54) is 45.1 Å². The molecule has 0 aromatic rings. The molecule has 0 aliphatic heterocycles. The van der Waals surface area contributed by atoms with Gasteiger partial charge in [-0.05, 0) is 51.0 Å². The zero-order valence-electron chi connectivity index (χ0n) is 9.10. The Kier molecular flexibility index (Phi) is 2.64. The number of hydrogen-bond acceptors (Lipinski definition) is 1. The Morgan fingerprint density at radius 1 is 1.31 bits per heavy atom. The third kappa shape index (κ3) is 2.70. The molecular weight excluding hydrogens is 158 g/mol. The first kappa shape index (κ1) is 9.51. The summed E-state index contributed by atoms with van der Waals surface area (Å²) in [6.07, 6.45) is 8.65. The highest BCUT2D eigenvalue weighted by molar-refractivity contribution is 4.97. The van der Waals surface area contributed by atoms with Gasteiger partial charge in [-0.25, -0.2) is 0 Å². The first-order chi connectivity index (χ1) is 6.18. The van der Waals surface area contributed by atoms with Crippen LogP contribution in [0.1, 0.15) is 52.4 Å². The summed E-state index contributed by atoms with van der Waals surface area (Å²) in [5, 5.41) is 3.72. The van der Waals surface area contributed by atoms with Crippen LogP contribution in [0, 0.1) is 11.8 Å². The maximum atomic E-state index is 3.72. The number of rotatable bonds is 3. The summed E-state index contributed by atoms with van der Waals surface area (Å²) in [7, 11) is 0. The molecule has 2 aliphatic rings. The van der Waals surface area contributed by atoms with E-state index >= 15 is 0 Å². The van der Waals surface area contributed by atoms with Gasteiger partial charge in [0.2, 0.25) is 0 Å². The van der Waals surface area contributed by atoms with Gasteiger partial charge < -0.3 is 5.32 Å². The lowest BCUT2D eigenvalue weighted by Crippen LogP contribution is -2.34. The van der Waals surface area contributed by atoms with Crippen molar-refractivity contribution in [2.24, 2.45) is 11.8 Å². The van der Waals surface area contributed by atoms with Gasteiger partial charge in [-0.3, -0.25) is 0 Å². The largest absolute Gasteiger partial charge is 0.311 e. The van der Waals surface area contributed by atoms with Crippen LogP contribution >= 0.6 is 0 Å². The summed E-state index contributed by atoms with van der Waals surface area (Å²) in [4.78, 5) is 0. The Labute approximate surface area is 82.3 Å². The van der Waals surface area contributed by atoms with Gasteiger partial charge in [0.05, 0.1) is 0 Å². The lowest BCUT2D eigenvalue weighted by atomic mass is 9.82. The average Bonchev–Trinajstić information content (AvgIpc) is 2.82. The summed E-state index contributed by atoms with van der Waals surface area (Å²) >= 11 is 0. The quantitative estimate of drug-likeness (QED) is 0.706. The van der Waals surface area contributed by atoms with Crippen LogP contribution in [-0.2, 0) is 0 Å². The van der Waals surface area contributed by atoms with Crippen LogP contribution in [-0.4, -0.2) is 12.1 Å². The third-order valence-corrected chi connectivity index (χ3v) is 3.86. The average molecular weight is 181 g/mol. The lowest BCUT2D eigenvalue weighted by Gasteiger charge is -2.28. The van der Waals surface area contributed by atoms with Crippen molar-refractivity contribution in [1.29, 1.82) is 0 Å². The minimum atomic E-state index is 0.542. The van der Waals surface area contributed by atoms with Gasteiger partial charge in [0, 0.05) is 5.54 Å². The molecule has 1 nitrogen and oxygen atoms in total. The third-order valence-electron chi connectivity index (χ3n) is 3.86. The molecule has 0 radical (unpaired) electrons. The number of hydrogen-bond donors (Lipinski definition) is 1. The van der Waals surface area contributed by atoms with Crippen molar-refractivity contribution in [3.63, 3.8) is 0 Å². The second kappa shape index (κ2) is 3.61. The van der Waals surface area contributed by atoms with E-state index in [0.29, 0.717) is 5.54 Å². The Hall–Kier alpha value is -0.0400. The molecule has 0 spiro atoms. The molecular formula is C12H23N. The summed E-state index contributed by atoms with van der Waals surface area (Å²) in [6.45, 7) is 6.05. The van der Waals surface area contributed by atoms with E-state index in [0.717, 1.165) is 11.8 Å². The molecule has 0 amide bonds. The zero-order valence-corrected chi connectivity index (χ0v) is 9.10. The summed E-state index contributed by atoms with van der Waals surface area (Å²) in [6, 6.07) is 0. The molecule has 2 aliphatic carbocycles. The van der Waals surface area contributed by atoms with E-state index in [4.69, 9.17) is 0 Å². The molecule has 0 aromatic carbocycles. The van der Waals surface area contributed by atoms with Crippen molar-refractivity contribution in [3.05, 3.63) is 0 Å². The fourth-order valence-electron chi connectivity index (χ4n) is 2.50. The Morgan fingerprint density at radius 3 is 2.69 bits per heavy atom. The first-order valence-corrected chi connectivity index (χ1v) is 5.93. The van der Waals surface area contributed by atoms with Crippen LogP contribution in [0.5, 0.6) is 0 Å². The SMILES string of the molecule is CC1CCCC(CNC2(C)CC2)C1. The van der Waals surface area contributed by atoms with Gasteiger partial charge in [0.25, 0.3) is 0 Å². The monoisotopic (exact) mass is 181 g/mol. The molecule has 2 atom stereocenters. The minimum absolute atomic E-state index is 0.542. The van der Waals surface area contributed by atoms with Crippen molar-refractivity contribution in [1.82, 2.24) is 5.32 Å². The Morgan fingerprint density at radius 2 is 2.08 bits per heavy atom. The van der Waals surface area contributed by atoms with E-state index in [1.807, 2.05) is 0 Å². The van der Waals surface area contributed by atoms with Crippen LogP contribution < -0.4 is 5.32 Å². The summed E-state index contributed by atoms with van der Waals surface area (Å²) in [5.74, 6) is 1.95. The van der Waals surface area contributed by atoms with Gasteiger partial charge in [0.15, 0.2) is 0 Å². The van der Waals surface area contributed by atoms with Gasteiger partial charge in [-0.1, -0.05) is 19.8 Å². The Bertz CT molecular complexity index is 172. The second-order valence-electron chi connectivity index (χ2n) is 5.58. The molecule has 0 heterocycles. The predicted octanol–water partition coefficient (Wildman–Crippen LogP) is 2.95. The molecule has 0 aromatic heterocycles. The van der Waals surface area contributed by atoms with Crippen molar-refractivity contribution >= 4 is 0 Å². The maximum absolute atomic E-state index is 3.72. The smallest absolute Gasteiger partial charge is 0.0154 e. The lowest BCUT2D eigenvalue weighted by molar-refractivity contribution is 0.266. The molecule has 13 heavy (non-hydrogen) atoms. The highest BCUT2D eigenvalue weighted by atomic mass is 15.0. The molecule has 76 valence electrons. The molecule has 0 saturated heterocycles. The topological polar surface area (TPSA) is 12.0 Å². The molecule has 1 N–H and O–H groups in total. The van der Waals surface area contributed by atoms with Gasteiger partial charge in [0.1, 0.15) is 0 Å². The second-order valence-corrected chi connectivity index (χ2v) is 5.58. The fraction of sp³-hybridized carbons (Fsp3) is 1.00. The highest BCUT2D eigenvalue weighted by Gasteiger charge is 2.37. The van der Waals surface area contributed by atoms with Gasteiger partial charge in [-0.15, -0.1) is 0 Å². The number of nitrogens with one attached hydrogen (secondary N) is 1. The van der Waals surface area contributed by atoms with Crippen LogP contribution in [0.25, 0.3) is 0 Å². The van der Waals surface area contributed by atoms with Crippen LogP contribution in [0.3, 0.4) is 0 Å². The van der Waals surface area contributed by atoms with Gasteiger partial charge in [-0.2, -0.15) is 0 Å². The predicted molar refractivity (Wildman–Crippen MR) is 56.8 cm³/mol. The van der Waals surface area contributed by atoms with Crippen molar-refractivity contribution in [2.45, 2.75) is 57.9 Å². The fourth-order valence-corrected chi connectivity index (χ4v) is 2.50. The molecule has 2 fully saturated rings. The zero-order chi connectivity index (χ0) is 9.31. The van der Waals surface area contributed by atoms with E-state index in [9.17, 15) is 0 Å². The molecule has 2 rings (SSSR count). The maximum Gasteiger partial charge on any atom is 0.0154 e. The molecule has 0 bridgehead atoms. The van der Waals surface area contributed by atoms with E-state index < -0.39 is 0 Å². The van der Waals surface area contributed by atoms with Crippen LogP contribution in [0.2, 0.25) is 0 Å². The minimum Gasteiger partial charge on any atom is -0.311 e. The van der Waals surface area contributed by atoms with E-state index in [-0.39, 0.29) is 0 Å². The van der Waals surface area contributed by atoms with E-state index in [1.54, 1.807) is 0 Å². The normalized spacial score (nSPS) is 37.4. The van der Waals surface area contributed by atoms with Crippen LogP contribution in [0.4, 0.5) is 0 Å². The van der Waals surface area contributed by atoms with Crippen molar-refractivity contribution < 1.29 is 0 Å². The Balaban J connectivity index is 1.68. The van der Waals surface area contributed by atoms with Crippen LogP contribution in [0.15, 0.2) is 0 Å². The van der Waals surface area contributed by atoms with Crippen molar-refractivity contribution in [3.8, 4) is 0 Å². The van der Waals surface area contributed by atoms with Crippen molar-refractivity contribution in [2.75, 3.05) is 6.54 Å². The standard InChI is InChI=1S/C12H23N/c1-10-4-3-5-11(8-10)9-13-12(2)6-7-12/h10-11,13H,3-9H2,1-2H3.